The first-order valence-corrected chi connectivity index (χ1v) is 22.2. The monoisotopic (exact) mass is 914 g/mol. The minimum absolute atomic E-state index is 0. The van der Waals surface area contributed by atoms with Crippen LogP contribution in [0, 0.1) is 6.92 Å². The van der Waals surface area contributed by atoms with Gasteiger partial charge in [0.05, 0.1) is 22.8 Å². The first-order valence-electron chi connectivity index (χ1n) is 21.4. The smallest absolute Gasteiger partial charge is 0.423 e. The van der Waals surface area contributed by atoms with Crippen molar-refractivity contribution in [1.29, 1.82) is 0 Å². The number of halogens is 1. The summed E-state index contributed by atoms with van der Waals surface area (Å²) in [6, 6.07) is 48.0. The third-order valence-electron chi connectivity index (χ3n) is 9.26. The summed E-state index contributed by atoms with van der Waals surface area (Å²) in [6.45, 7) is 17.5. The molecular weight excluding hydrogens is 857 g/mol. The molecule has 0 saturated heterocycles. The maximum atomic E-state index is 9.27. The molecule has 0 aliphatic rings. The van der Waals surface area contributed by atoms with Crippen LogP contribution in [-0.4, -0.2) is 61.6 Å². The molecule has 0 unspecified atom stereocenters. The van der Waals surface area contributed by atoms with Crippen LogP contribution in [-0.2, 0) is 14.0 Å². The van der Waals surface area contributed by atoms with Crippen molar-refractivity contribution in [2.24, 2.45) is 0 Å². The quantitative estimate of drug-likeness (QED) is 0.0935. The third-order valence-corrected chi connectivity index (χ3v) is 9.79. The van der Waals surface area contributed by atoms with Crippen LogP contribution < -0.4 is 24.3 Å². The number of aromatic nitrogens is 4. The van der Waals surface area contributed by atoms with Crippen molar-refractivity contribution in [1.82, 2.24) is 18.8 Å². The third kappa shape index (κ3) is 14.9. The number of rotatable bonds is 12. The van der Waals surface area contributed by atoms with E-state index in [0.717, 1.165) is 61.7 Å². The number of nitrogens with zero attached hydrogens (tertiary/aromatic N) is 4. The summed E-state index contributed by atoms with van der Waals surface area (Å²) >= 11 is 3.49. The molecule has 8 aromatic rings. The van der Waals surface area contributed by atoms with Gasteiger partial charge in [0.25, 0.3) is 0 Å². The standard InChI is InChI=1S/C19H15BN2O2.C19H13BrN2.C9H21BO3.C4H9.Li/c23-20(24)16-11-9-14(10-12-16)18-19(15-6-2-1-3-7-15)22-13-5-4-8-17(22)21-18;20-16-11-9-14(10-12-16)18-19(15-6-2-1-3-7-15)22-13-5-4-8-17(22)21-18;1-7(2)11-10(12-8(3)4)13-9(5)6;1-3-4-2;/h1-13,23-24H;1-13H;7-9H,1-6H3;1,3-4H2,2H3;/q;;;-1;+1. The average Bonchev–Trinajstić information content (AvgIpc) is 3.87. The van der Waals surface area contributed by atoms with Crippen LogP contribution in [0.4, 0.5) is 0 Å². The molecular formula is C51H58B2BrLiN4O5. The molecule has 4 aromatic carbocycles. The summed E-state index contributed by atoms with van der Waals surface area (Å²) in [7, 11) is -2.01. The first kappa shape index (κ1) is 51.9. The van der Waals surface area contributed by atoms with Crippen LogP contribution in [0.3, 0.4) is 0 Å². The van der Waals surface area contributed by atoms with E-state index in [1.165, 1.54) is 12.0 Å². The summed E-state index contributed by atoms with van der Waals surface area (Å²) in [5.74, 6) is 0. The minimum Gasteiger partial charge on any atom is -0.423 e. The number of pyridine rings is 2. The van der Waals surface area contributed by atoms with Gasteiger partial charge in [0.2, 0.25) is 0 Å². The van der Waals surface area contributed by atoms with E-state index in [1.807, 2.05) is 133 Å². The Morgan fingerprint density at radius 3 is 1.25 bits per heavy atom. The van der Waals surface area contributed by atoms with E-state index in [2.05, 4.69) is 93.3 Å². The van der Waals surface area contributed by atoms with Gasteiger partial charge >= 0.3 is 33.3 Å². The van der Waals surface area contributed by atoms with Crippen molar-refractivity contribution in [2.45, 2.75) is 79.6 Å². The van der Waals surface area contributed by atoms with Crippen LogP contribution >= 0.6 is 15.9 Å². The van der Waals surface area contributed by atoms with Crippen molar-refractivity contribution in [2.75, 3.05) is 0 Å². The van der Waals surface area contributed by atoms with Gasteiger partial charge < -0.3 is 30.9 Å². The van der Waals surface area contributed by atoms with E-state index in [9.17, 15) is 10.0 Å². The number of hydrogen-bond donors (Lipinski definition) is 2. The van der Waals surface area contributed by atoms with E-state index in [4.69, 9.17) is 23.9 Å². The van der Waals surface area contributed by atoms with Gasteiger partial charge in [-0.25, -0.2) is 9.97 Å². The van der Waals surface area contributed by atoms with E-state index in [1.54, 1.807) is 12.1 Å². The Labute approximate surface area is 400 Å². The van der Waals surface area contributed by atoms with Crippen LogP contribution in [0.15, 0.2) is 162 Å². The molecule has 4 aromatic heterocycles. The van der Waals surface area contributed by atoms with E-state index in [-0.39, 0.29) is 37.2 Å². The number of hydrogen-bond acceptors (Lipinski definition) is 7. The average molecular weight is 916 g/mol. The largest absolute Gasteiger partial charge is 1.00 e. The van der Waals surface area contributed by atoms with Gasteiger partial charge in [0.15, 0.2) is 0 Å². The molecule has 13 heteroatoms. The predicted octanol–water partition coefficient (Wildman–Crippen LogP) is 8.65. The van der Waals surface area contributed by atoms with Crippen LogP contribution in [0.1, 0.15) is 61.3 Å². The molecule has 0 saturated carbocycles. The second kappa shape index (κ2) is 26.3. The summed E-state index contributed by atoms with van der Waals surface area (Å²) in [5, 5.41) is 18.5. The van der Waals surface area contributed by atoms with Gasteiger partial charge in [-0.1, -0.05) is 138 Å². The molecule has 0 atom stereocenters. The molecule has 0 bridgehead atoms. The summed E-state index contributed by atoms with van der Waals surface area (Å²) < 4.78 is 21.6. The Balaban J connectivity index is 0.000000208. The van der Waals surface area contributed by atoms with Gasteiger partial charge in [-0.05, 0) is 83.4 Å². The summed E-state index contributed by atoms with van der Waals surface area (Å²) in [4.78, 5) is 9.61. The maximum absolute atomic E-state index is 9.27. The molecule has 9 nitrogen and oxygen atoms in total. The van der Waals surface area contributed by atoms with Crippen LogP contribution in [0.2, 0.25) is 0 Å². The Hall–Kier alpha value is -4.73. The van der Waals surface area contributed by atoms with Crippen LogP contribution in [0.5, 0.6) is 0 Å². The Bertz CT molecular complexity index is 2530. The molecule has 0 fully saturated rings. The van der Waals surface area contributed by atoms with Gasteiger partial charge in [-0.3, -0.25) is 8.80 Å². The number of benzene rings is 4. The molecule has 0 amide bonds. The van der Waals surface area contributed by atoms with Gasteiger partial charge in [0.1, 0.15) is 11.3 Å². The van der Waals surface area contributed by atoms with Gasteiger partial charge in [-0.15, -0.1) is 0 Å². The molecule has 0 aliphatic carbocycles. The molecule has 326 valence electrons. The van der Waals surface area contributed by atoms with E-state index < -0.39 is 14.4 Å². The Morgan fingerprint density at radius 1 is 0.547 bits per heavy atom. The number of fused-ring (bicyclic) bond motifs is 2. The molecule has 0 radical (unpaired) electrons. The second-order valence-electron chi connectivity index (χ2n) is 15.4. The first-order chi connectivity index (χ1) is 30.4. The van der Waals surface area contributed by atoms with Crippen molar-refractivity contribution in [3.05, 3.63) is 169 Å². The van der Waals surface area contributed by atoms with Crippen molar-refractivity contribution in [3.63, 3.8) is 0 Å². The molecule has 0 aliphatic heterocycles. The van der Waals surface area contributed by atoms with Crippen molar-refractivity contribution in [3.8, 4) is 45.0 Å². The molecule has 64 heavy (non-hydrogen) atoms. The number of unbranched alkanes of at least 4 members (excludes halogenated alkanes) is 1. The molecule has 2 N–H and O–H groups in total. The Morgan fingerprint density at radius 2 is 0.906 bits per heavy atom. The second-order valence-corrected chi connectivity index (χ2v) is 16.3. The van der Waals surface area contributed by atoms with Gasteiger partial charge in [-0.2, -0.15) is 6.42 Å². The topological polar surface area (TPSA) is 103 Å². The molecule has 4 heterocycles. The van der Waals surface area contributed by atoms with E-state index in [0.29, 0.717) is 5.46 Å². The van der Waals surface area contributed by atoms with Crippen LogP contribution in [0.25, 0.3) is 56.3 Å². The SMILES string of the molecule is Brc1ccc(-c2nc3ccccn3c2-c2ccccc2)cc1.CC(C)OB(OC(C)C)OC(C)C.OB(O)c1ccc(-c2nc3ccccn3c2-c2ccccc2)cc1.[CH2-]CCC.[Li+]. The Kier molecular flexibility index (Phi) is 21.3. The fourth-order valence-electron chi connectivity index (χ4n) is 6.32. The van der Waals surface area contributed by atoms with Crippen molar-refractivity contribution < 1.29 is 42.9 Å². The normalized spacial score (nSPS) is 10.7. The molecule has 8 rings (SSSR count). The van der Waals surface area contributed by atoms with Gasteiger partial charge in [0, 0.05) is 57.4 Å². The van der Waals surface area contributed by atoms with Crippen molar-refractivity contribution >= 4 is 47.1 Å². The summed E-state index contributed by atoms with van der Waals surface area (Å²) in [6.07, 6.45) is 6.68. The zero-order valence-electron chi connectivity index (χ0n) is 38.3. The summed E-state index contributed by atoms with van der Waals surface area (Å²) in [5.41, 5.74) is 10.6. The fourth-order valence-corrected chi connectivity index (χ4v) is 6.59. The maximum Gasteiger partial charge on any atom is 1.00 e. The number of imidazole rings is 2. The fraction of sp³-hybridized carbons (Fsp3) is 0.235. The predicted molar refractivity (Wildman–Crippen MR) is 264 cm³/mol. The zero-order chi connectivity index (χ0) is 45.3. The minimum atomic E-state index is -1.46. The molecule has 0 spiro atoms. The van der Waals surface area contributed by atoms with E-state index >= 15 is 0 Å². The zero-order valence-corrected chi connectivity index (χ0v) is 39.9.